The third-order valence-corrected chi connectivity index (χ3v) is 3.83. The van der Waals surface area contributed by atoms with Crippen LogP contribution in [-0.2, 0) is 0 Å². The number of ether oxygens (including phenoxy) is 2. The summed E-state index contributed by atoms with van der Waals surface area (Å²) in [6, 6.07) is 5.78. The Morgan fingerprint density at radius 3 is 1.45 bits per heavy atom. The van der Waals surface area contributed by atoms with Gasteiger partial charge >= 0.3 is 0 Å². The Hall–Kier alpha value is -0.800. The largest absolute Gasteiger partial charge is 0.490 e. The molecule has 172 valence electrons. The Labute approximate surface area is 187 Å². The van der Waals surface area contributed by atoms with Crippen molar-refractivity contribution in [1.82, 2.24) is 10.6 Å². The fourth-order valence-electron chi connectivity index (χ4n) is 2.42. The summed E-state index contributed by atoms with van der Waals surface area (Å²) in [6.45, 7) is 10.7. The summed E-state index contributed by atoms with van der Waals surface area (Å²) in [4.78, 5) is 0. The highest BCUT2D eigenvalue weighted by molar-refractivity contribution is 5.85. The smallest absolute Gasteiger partial charge is 0.128 e. The Bertz CT molecular complexity index is 507. The van der Waals surface area contributed by atoms with Crippen LogP contribution in [0.5, 0.6) is 11.5 Å². The maximum absolute atomic E-state index is 10.2. The summed E-state index contributed by atoms with van der Waals surface area (Å²) in [7, 11) is 0. The van der Waals surface area contributed by atoms with Crippen molar-refractivity contribution in [2.45, 2.75) is 65.0 Å². The van der Waals surface area contributed by atoms with Gasteiger partial charge in [-0.05, 0) is 19.1 Å². The van der Waals surface area contributed by atoms with Crippen LogP contribution in [0.3, 0.4) is 0 Å². The van der Waals surface area contributed by atoms with E-state index in [0.717, 1.165) is 0 Å². The Kier molecular flexibility index (Phi) is 16.7. The molecule has 9 heteroatoms. The van der Waals surface area contributed by atoms with Crippen LogP contribution in [0.25, 0.3) is 0 Å². The average molecular weight is 457 g/mol. The number of hydrogen-bond donors (Lipinski definition) is 5. The zero-order chi connectivity index (χ0) is 20.4. The van der Waals surface area contributed by atoms with Gasteiger partial charge in [-0.25, -0.2) is 0 Å². The first-order valence-electron chi connectivity index (χ1n) is 9.60. The molecular formula is C20H38Cl2N2O5. The summed E-state index contributed by atoms with van der Waals surface area (Å²) in [6.07, 6.45) is -2.14. The predicted molar refractivity (Wildman–Crippen MR) is 121 cm³/mol. The highest BCUT2D eigenvalue weighted by Gasteiger charge is 2.18. The lowest BCUT2D eigenvalue weighted by molar-refractivity contribution is 0.0948. The molecule has 0 aromatic heterocycles. The van der Waals surface area contributed by atoms with Gasteiger partial charge in [0.15, 0.2) is 0 Å². The highest BCUT2D eigenvalue weighted by Crippen LogP contribution is 2.34. The first kappa shape index (κ1) is 30.4. The van der Waals surface area contributed by atoms with Gasteiger partial charge in [-0.3, -0.25) is 0 Å². The molecule has 0 aliphatic rings. The molecule has 0 amide bonds. The second-order valence-electron chi connectivity index (χ2n) is 7.40. The van der Waals surface area contributed by atoms with Crippen LogP contribution in [0.1, 0.15) is 46.3 Å². The molecular weight excluding hydrogens is 419 g/mol. The summed E-state index contributed by atoms with van der Waals surface area (Å²) in [5.41, 5.74) is 0.505. The average Bonchev–Trinajstić information content (AvgIpc) is 2.60. The normalized spacial score (nSPS) is 14.0. The first-order chi connectivity index (χ1) is 12.7. The first-order valence-corrected chi connectivity index (χ1v) is 9.60. The highest BCUT2D eigenvalue weighted by atomic mass is 35.5. The van der Waals surface area contributed by atoms with Crippen molar-refractivity contribution in [3.05, 3.63) is 23.8 Å². The zero-order valence-electron chi connectivity index (χ0n) is 17.9. The van der Waals surface area contributed by atoms with E-state index >= 15 is 0 Å². The van der Waals surface area contributed by atoms with Gasteiger partial charge in [0, 0.05) is 25.2 Å². The Balaban J connectivity index is 0. The van der Waals surface area contributed by atoms with Crippen molar-refractivity contribution in [3.8, 4) is 11.5 Å². The molecule has 3 unspecified atom stereocenters. The fourth-order valence-corrected chi connectivity index (χ4v) is 2.42. The second kappa shape index (κ2) is 16.0. The molecule has 7 nitrogen and oxygen atoms in total. The van der Waals surface area contributed by atoms with Gasteiger partial charge in [0.1, 0.15) is 36.9 Å². The van der Waals surface area contributed by atoms with E-state index in [1.165, 1.54) is 0 Å². The van der Waals surface area contributed by atoms with Crippen molar-refractivity contribution >= 4 is 24.8 Å². The minimum Gasteiger partial charge on any atom is -0.490 e. The van der Waals surface area contributed by atoms with Crippen LogP contribution in [0, 0.1) is 0 Å². The molecule has 0 heterocycles. The number of nitrogens with one attached hydrogen (secondary N) is 2. The minimum absolute atomic E-state index is 0. The van der Waals surface area contributed by atoms with Gasteiger partial charge in [0.05, 0.1) is 11.7 Å². The lowest BCUT2D eigenvalue weighted by Gasteiger charge is -2.21. The lowest BCUT2D eigenvalue weighted by atomic mass is 10.1. The van der Waals surface area contributed by atoms with Crippen LogP contribution < -0.4 is 20.1 Å². The molecule has 0 aliphatic heterocycles. The third-order valence-electron chi connectivity index (χ3n) is 3.83. The molecule has 0 aliphatic carbocycles. The van der Waals surface area contributed by atoms with Gasteiger partial charge in [-0.15, -0.1) is 24.8 Å². The molecule has 3 atom stereocenters. The van der Waals surface area contributed by atoms with Crippen molar-refractivity contribution in [1.29, 1.82) is 0 Å². The van der Waals surface area contributed by atoms with E-state index in [1.54, 1.807) is 25.1 Å². The molecule has 0 fully saturated rings. The quantitative estimate of drug-likeness (QED) is 0.309. The molecule has 5 N–H and O–H groups in total. The second-order valence-corrected chi connectivity index (χ2v) is 7.40. The van der Waals surface area contributed by atoms with Crippen molar-refractivity contribution in [2.75, 3.05) is 26.3 Å². The number of benzene rings is 1. The lowest BCUT2D eigenvalue weighted by Crippen LogP contribution is -2.35. The third kappa shape index (κ3) is 12.5. The van der Waals surface area contributed by atoms with Crippen molar-refractivity contribution < 1.29 is 24.8 Å². The summed E-state index contributed by atoms with van der Waals surface area (Å²) >= 11 is 0. The van der Waals surface area contributed by atoms with Crippen LogP contribution in [0.2, 0.25) is 0 Å². The number of rotatable bonds is 13. The van der Waals surface area contributed by atoms with E-state index in [-0.39, 0.29) is 50.1 Å². The minimum atomic E-state index is -0.812. The molecule has 0 radical (unpaired) electrons. The van der Waals surface area contributed by atoms with Crippen molar-refractivity contribution in [2.24, 2.45) is 0 Å². The SMILES string of the molecule is CC(C)NCC(O)COc1cccc(OCC(O)CNC(C)C)c1C(C)O.Cl.Cl. The molecule has 1 rings (SSSR count). The molecule has 0 spiro atoms. The number of hydrogen-bond acceptors (Lipinski definition) is 7. The molecule has 0 bridgehead atoms. The van der Waals surface area contributed by atoms with Crippen LogP contribution >= 0.6 is 24.8 Å². The Morgan fingerprint density at radius 1 is 0.759 bits per heavy atom. The van der Waals surface area contributed by atoms with Gasteiger partial charge in [-0.2, -0.15) is 0 Å². The number of aliphatic hydroxyl groups is 3. The van der Waals surface area contributed by atoms with Crippen LogP contribution in [0.4, 0.5) is 0 Å². The monoisotopic (exact) mass is 456 g/mol. The van der Waals surface area contributed by atoms with E-state index in [1.807, 2.05) is 27.7 Å². The molecule has 1 aromatic rings. The van der Waals surface area contributed by atoms with Crippen LogP contribution in [0.15, 0.2) is 18.2 Å². The van der Waals surface area contributed by atoms with E-state index < -0.39 is 18.3 Å². The van der Waals surface area contributed by atoms with Gasteiger partial charge in [-0.1, -0.05) is 33.8 Å². The molecule has 0 saturated carbocycles. The topological polar surface area (TPSA) is 103 Å². The molecule has 0 saturated heterocycles. The van der Waals surface area contributed by atoms with Crippen molar-refractivity contribution in [3.63, 3.8) is 0 Å². The summed E-state index contributed by atoms with van der Waals surface area (Å²) in [5.74, 6) is 0.918. The Morgan fingerprint density at radius 2 is 1.14 bits per heavy atom. The fraction of sp³-hybridized carbons (Fsp3) is 0.700. The standard InChI is InChI=1S/C20H36N2O5.2ClH/c1-13(2)21-9-16(24)11-26-18-7-6-8-19(20(18)15(5)23)27-12-17(25)10-22-14(3)4;;/h6-8,13-17,21-25H,9-12H2,1-5H3;2*1H. The van der Waals surface area contributed by atoms with Crippen LogP contribution in [-0.4, -0.2) is 65.9 Å². The number of halogens is 2. The summed E-state index contributed by atoms with van der Waals surface area (Å²) in [5, 5.41) is 36.5. The van der Waals surface area contributed by atoms with E-state index in [2.05, 4.69) is 10.6 Å². The van der Waals surface area contributed by atoms with E-state index in [9.17, 15) is 15.3 Å². The molecule has 29 heavy (non-hydrogen) atoms. The maximum Gasteiger partial charge on any atom is 0.128 e. The molecule has 1 aromatic carbocycles. The number of aliphatic hydroxyl groups excluding tert-OH is 3. The van der Waals surface area contributed by atoms with E-state index in [4.69, 9.17) is 9.47 Å². The predicted octanol–water partition coefficient (Wildman–Crippen LogP) is 2.06. The summed E-state index contributed by atoms with van der Waals surface area (Å²) < 4.78 is 11.4. The zero-order valence-corrected chi connectivity index (χ0v) is 19.6. The van der Waals surface area contributed by atoms with Gasteiger partial charge in [0.2, 0.25) is 0 Å². The van der Waals surface area contributed by atoms with E-state index in [0.29, 0.717) is 30.2 Å². The van der Waals surface area contributed by atoms with Gasteiger partial charge in [0.25, 0.3) is 0 Å². The maximum atomic E-state index is 10.2. The van der Waals surface area contributed by atoms with Gasteiger partial charge < -0.3 is 35.4 Å².